The van der Waals surface area contributed by atoms with Crippen LogP contribution in [-0.2, 0) is 13.5 Å². The Morgan fingerprint density at radius 1 is 0.970 bits per heavy atom. The van der Waals surface area contributed by atoms with Gasteiger partial charge in [-0.25, -0.2) is 9.41 Å². The molecule has 1 aliphatic rings. The smallest absolute Gasteiger partial charge is 0.224 e. The Morgan fingerprint density at radius 2 is 1.79 bits per heavy atom. The summed E-state index contributed by atoms with van der Waals surface area (Å²) in [7, 11) is 2.17. The molecule has 0 atom stereocenters. The molecule has 1 aliphatic carbocycles. The first-order valence-electron chi connectivity index (χ1n) is 12.1. The van der Waals surface area contributed by atoms with Crippen LogP contribution in [0.25, 0.3) is 53.8 Å². The third kappa shape index (κ3) is 2.52. The Balaban J connectivity index is 1.74. The van der Waals surface area contributed by atoms with Crippen molar-refractivity contribution in [2.24, 2.45) is 13.0 Å². The summed E-state index contributed by atoms with van der Waals surface area (Å²) in [6, 6.07) is 17.8. The number of nitrogens with zero attached hydrogens (tertiary/aromatic N) is 3. The maximum Gasteiger partial charge on any atom is 0.224 e. The van der Waals surface area contributed by atoms with Gasteiger partial charge in [0.15, 0.2) is 11.9 Å². The molecule has 3 nitrogen and oxygen atoms in total. The van der Waals surface area contributed by atoms with Crippen LogP contribution in [0.15, 0.2) is 54.7 Å². The van der Waals surface area contributed by atoms with Gasteiger partial charge in [0.05, 0.1) is 28.4 Å². The summed E-state index contributed by atoms with van der Waals surface area (Å²) in [5.41, 5.74) is 8.42. The highest BCUT2D eigenvalue weighted by atomic mass is 15.0. The lowest BCUT2D eigenvalue weighted by molar-refractivity contribution is -0.643. The van der Waals surface area contributed by atoms with Crippen LogP contribution in [0.4, 0.5) is 5.69 Å². The van der Waals surface area contributed by atoms with Gasteiger partial charge in [0.2, 0.25) is 5.52 Å². The summed E-state index contributed by atoms with van der Waals surface area (Å²) in [5.74, 6) is 0.808. The van der Waals surface area contributed by atoms with Gasteiger partial charge in [-0.15, -0.1) is 0 Å². The van der Waals surface area contributed by atoms with Crippen molar-refractivity contribution in [2.45, 2.75) is 39.0 Å². The van der Waals surface area contributed by atoms with Gasteiger partial charge in [0, 0.05) is 22.4 Å². The van der Waals surface area contributed by atoms with Crippen LogP contribution in [0.2, 0.25) is 0 Å². The molecule has 0 amide bonds. The summed E-state index contributed by atoms with van der Waals surface area (Å²) in [5, 5.41) is 6.45. The van der Waals surface area contributed by atoms with Crippen molar-refractivity contribution in [3.63, 3.8) is 0 Å². The van der Waals surface area contributed by atoms with E-state index in [0.29, 0.717) is 5.69 Å². The van der Waals surface area contributed by atoms with Crippen LogP contribution < -0.4 is 4.57 Å². The maximum absolute atomic E-state index is 7.60. The van der Waals surface area contributed by atoms with Crippen molar-refractivity contribution in [1.29, 1.82) is 0 Å². The molecule has 0 bridgehead atoms. The molecule has 6 aromatic rings. The lowest BCUT2D eigenvalue weighted by atomic mass is 9.94. The maximum atomic E-state index is 7.60. The molecule has 0 N–H and O–H groups in total. The van der Waals surface area contributed by atoms with Crippen LogP contribution in [-0.4, -0.2) is 4.40 Å². The van der Waals surface area contributed by atoms with E-state index in [2.05, 4.69) is 76.4 Å². The van der Waals surface area contributed by atoms with Crippen molar-refractivity contribution < 1.29 is 4.57 Å². The lowest BCUT2D eigenvalue weighted by Gasteiger charge is -2.15. The van der Waals surface area contributed by atoms with Crippen molar-refractivity contribution in [3.05, 3.63) is 77.3 Å². The summed E-state index contributed by atoms with van der Waals surface area (Å²) in [6.45, 7) is 9.83. The number of rotatable bonds is 2. The molecular formula is C30H26N3+. The highest BCUT2D eigenvalue weighted by molar-refractivity contribution is 6.26. The van der Waals surface area contributed by atoms with Crippen LogP contribution in [0, 0.1) is 19.4 Å². The Kier molecular flexibility index (Phi) is 3.82. The molecule has 3 heteroatoms. The topological polar surface area (TPSA) is 12.6 Å². The molecule has 160 valence electrons. The van der Waals surface area contributed by atoms with Gasteiger partial charge >= 0.3 is 0 Å². The van der Waals surface area contributed by atoms with E-state index in [9.17, 15) is 0 Å². The Morgan fingerprint density at radius 3 is 2.61 bits per heavy atom. The normalized spacial score (nSPS) is 15.1. The molecular weight excluding hydrogens is 402 g/mol. The van der Waals surface area contributed by atoms with Crippen LogP contribution >= 0.6 is 0 Å². The van der Waals surface area contributed by atoms with E-state index >= 15 is 0 Å². The number of fused-ring (bicyclic) bond motifs is 5. The number of aromatic nitrogens is 2. The van der Waals surface area contributed by atoms with E-state index in [-0.39, 0.29) is 0 Å². The first-order valence-corrected chi connectivity index (χ1v) is 12.1. The van der Waals surface area contributed by atoms with Crippen molar-refractivity contribution >= 4 is 54.7 Å². The molecule has 7 rings (SSSR count). The molecule has 3 heterocycles. The van der Waals surface area contributed by atoms with Crippen molar-refractivity contribution in [3.8, 4) is 0 Å². The summed E-state index contributed by atoms with van der Waals surface area (Å²) < 4.78 is 4.74. The monoisotopic (exact) mass is 428 g/mol. The van der Waals surface area contributed by atoms with Crippen molar-refractivity contribution in [2.75, 3.05) is 0 Å². The van der Waals surface area contributed by atoms with Gasteiger partial charge in [-0.2, -0.15) is 0 Å². The summed E-state index contributed by atoms with van der Waals surface area (Å²) >= 11 is 0. The molecule has 0 unspecified atom stereocenters. The third-order valence-electron chi connectivity index (χ3n) is 8.00. The van der Waals surface area contributed by atoms with Gasteiger partial charge < -0.3 is 4.40 Å². The van der Waals surface area contributed by atoms with Gasteiger partial charge in [0.25, 0.3) is 0 Å². The second-order valence-corrected chi connectivity index (χ2v) is 10.0. The van der Waals surface area contributed by atoms with Gasteiger partial charge in [-0.3, -0.25) is 0 Å². The van der Waals surface area contributed by atoms with Gasteiger partial charge in [0.1, 0.15) is 7.05 Å². The molecule has 33 heavy (non-hydrogen) atoms. The zero-order valence-corrected chi connectivity index (χ0v) is 19.2. The summed E-state index contributed by atoms with van der Waals surface area (Å²) in [6.07, 6.45) is 8.84. The Hall–Kier alpha value is -3.64. The second-order valence-electron chi connectivity index (χ2n) is 10.0. The van der Waals surface area contributed by atoms with Crippen LogP contribution in [0.3, 0.4) is 0 Å². The Bertz CT molecular complexity index is 1770. The molecule has 0 spiro atoms. The largest absolute Gasteiger partial charge is 0.309 e. The van der Waals surface area contributed by atoms with Gasteiger partial charge in [-0.1, -0.05) is 56.0 Å². The Labute approximate surface area is 193 Å². The van der Waals surface area contributed by atoms with Crippen LogP contribution in [0.1, 0.15) is 36.8 Å². The quantitative estimate of drug-likeness (QED) is 0.118. The highest BCUT2D eigenvalue weighted by Gasteiger charge is 2.25. The minimum Gasteiger partial charge on any atom is -0.309 e. The van der Waals surface area contributed by atoms with E-state index < -0.39 is 0 Å². The molecule has 3 aromatic heterocycles. The predicted octanol–water partition coefficient (Wildman–Crippen LogP) is 7.41. The first-order chi connectivity index (χ1) is 16.1. The fourth-order valence-corrected chi connectivity index (χ4v) is 6.50. The number of pyridine rings is 2. The van der Waals surface area contributed by atoms with E-state index in [4.69, 9.17) is 6.57 Å². The predicted molar refractivity (Wildman–Crippen MR) is 136 cm³/mol. The minimum absolute atomic E-state index is 0.697. The number of benzene rings is 3. The van der Waals surface area contributed by atoms with Crippen molar-refractivity contribution in [1.82, 2.24) is 4.40 Å². The SMILES string of the molecule is [C-]#[N+]c1ccc2c3ccc(C)c4c3n(c2c1)c1cc(CC2CCCC2)cc2cc[n+](C)c4c21. The summed E-state index contributed by atoms with van der Waals surface area (Å²) in [4.78, 5) is 3.75. The van der Waals surface area contributed by atoms with Gasteiger partial charge in [-0.05, 0) is 47.9 Å². The molecule has 1 saturated carbocycles. The van der Waals surface area contributed by atoms with E-state index in [0.717, 1.165) is 17.9 Å². The molecule has 1 fully saturated rings. The van der Waals surface area contributed by atoms with E-state index in [1.54, 1.807) is 0 Å². The van der Waals surface area contributed by atoms with E-state index in [1.165, 1.54) is 80.3 Å². The second kappa shape index (κ2) is 6.68. The zero-order valence-electron chi connectivity index (χ0n) is 19.2. The molecule has 0 saturated heterocycles. The zero-order chi connectivity index (χ0) is 22.3. The average molecular weight is 429 g/mol. The van der Waals surface area contributed by atoms with Crippen LogP contribution in [0.5, 0.6) is 0 Å². The first kappa shape index (κ1) is 18.9. The molecule has 0 radical (unpaired) electrons. The number of hydrogen-bond donors (Lipinski definition) is 0. The molecule has 0 aliphatic heterocycles. The highest BCUT2D eigenvalue weighted by Crippen LogP contribution is 2.42. The number of hydrogen-bond acceptors (Lipinski definition) is 0. The minimum atomic E-state index is 0.697. The van der Waals surface area contributed by atoms with E-state index in [1.807, 2.05) is 6.07 Å². The fourth-order valence-electron chi connectivity index (χ4n) is 6.50. The molecule has 3 aromatic carbocycles. The fraction of sp³-hybridized carbons (Fsp3) is 0.267. The third-order valence-corrected chi connectivity index (χ3v) is 8.00. The average Bonchev–Trinajstić information content (AvgIpc) is 3.45. The standard InChI is InChI=1S/C30H26N3/c1-18-8-10-24-23-11-9-22(31-2)17-25(23)33-26-16-20(14-19-6-4-5-7-19)15-21-12-13-32(3)30(28(21)26)27(18)29(24)33/h8-13,15-17,19H,4-7,14H2,1,3H3/q+1. The number of aryl methyl sites for hydroxylation is 2. The lowest BCUT2D eigenvalue weighted by Crippen LogP contribution is -2.29.